The minimum absolute atomic E-state index is 0. The van der Waals surface area contributed by atoms with E-state index in [0.717, 1.165) is 11.1 Å². The van der Waals surface area contributed by atoms with Crippen molar-refractivity contribution < 1.29 is 17.5 Å². The lowest BCUT2D eigenvalue weighted by Crippen LogP contribution is -2.38. The molecule has 2 rings (SSSR count). The third-order valence-corrected chi connectivity index (χ3v) is 5.62. The monoisotopic (exact) mass is 550 g/mol. The zero-order valence-electron chi connectivity index (χ0n) is 17.3. The van der Waals surface area contributed by atoms with Crippen LogP contribution in [0.4, 0.5) is 4.39 Å². The van der Waals surface area contributed by atoms with Gasteiger partial charge in [-0.25, -0.2) is 17.5 Å². The summed E-state index contributed by atoms with van der Waals surface area (Å²) in [5, 5.41) is 3.21. The standard InChI is InChI=1S/C20H27FN4O3S.HI/c1-22-20(25(2)15-16-7-9-18(21)10-8-16)23-14-17-5-4-6-19(13-17)29(26,27)24-11-12-28-3;/h4-10,13,24H,11-12,14-15H2,1-3H3,(H,22,23);1H. The van der Waals surface area contributed by atoms with Crippen molar-refractivity contribution in [2.24, 2.45) is 4.99 Å². The van der Waals surface area contributed by atoms with Crippen molar-refractivity contribution >= 4 is 40.0 Å². The summed E-state index contributed by atoms with van der Waals surface area (Å²) in [4.78, 5) is 6.35. The van der Waals surface area contributed by atoms with Gasteiger partial charge in [-0.3, -0.25) is 4.99 Å². The SMILES string of the molecule is CN=C(NCc1cccc(S(=O)(=O)NCCOC)c1)N(C)Cc1ccc(F)cc1.I. The van der Waals surface area contributed by atoms with E-state index in [1.54, 1.807) is 37.4 Å². The van der Waals surface area contributed by atoms with Crippen molar-refractivity contribution in [2.75, 3.05) is 34.4 Å². The highest BCUT2D eigenvalue weighted by atomic mass is 127. The molecule has 0 fully saturated rings. The van der Waals surface area contributed by atoms with Gasteiger partial charge in [0.2, 0.25) is 10.0 Å². The molecule has 0 saturated heterocycles. The van der Waals surface area contributed by atoms with Crippen LogP contribution in [0.2, 0.25) is 0 Å². The topological polar surface area (TPSA) is 83.0 Å². The maximum Gasteiger partial charge on any atom is 0.240 e. The molecule has 0 unspecified atom stereocenters. The van der Waals surface area contributed by atoms with Crippen molar-refractivity contribution in [1.82, 2.24) is 14.9 Å². The number of hydrogen-bond acceptors (Lipinski definition) is 4. The molecule has 2 N–H and O–H groups in total. The normalized spacial score (nSPS) is 11.7. The Kier molecular flexibility index (Phi) is 11.2. The fraction of sp³-hybridized carbons (Fsp3) is 0.350. The number of ether oxygens (including phenoxy) is 1. The van der Waals surface area contributed by atoms with Gasteiger partial charge in [0.1, 0.15) is 5.82 Å². The largest absolute Gasteiger partial charge is 0.383 e. The molecule has 0 aliphatic carbocycles. The molecule has 7 nitrogen and oxygen atoms in total. The quantitative estimate of drug-likeness (QED) is 0.217. The number of aliphatic imine (C=N–C) groups is 1. The highest BCUT2D eigenvalue weighted by Crippen LogP contribution is 2.12. The summed E-state index contributed by atoms with van der Waals surface area (Å²) in [7, 11) is 1.47. The molecule has 0 aliphatic heterocycles. The van der Waals surface area contributed by atoms with Crippen molar-refractivity contribution in [3.05, 3.63) is 65.5 Å². The molecular formula is C20H28FIN4O3S. The molecule has 0 saturated carbocycles. The van der Waals surface area contributed by atoms with Crippen LogP contribution in [-0.4, -0.2) is 53.6 Å². The Labute approximate surface area is 194 Å². The van der Waals surface area contributed by atoms with Crippen molar-refractivity contribution in [3.8, 4) is 0 Å². The summed E-state index contributed by atoms with van der Waals surface area (Å²) in [5.74, 6) is 0.367. The van der Waals surface area contributed by atoms with Gasteiger partial charge in [-0.2, -0.15) is 0 Å². The van der Waals surface area contributed by atoms with Crippen molar-refractivity contribution in [2.45, 2.75) is 18.0 Å². The van der Waals surface area contributed by atoms with Crippen LogP contribution in [0.5, 0.6) is 0 Å². The molecule has 166 valence electrons. The average molecular weight is 550 g/mol. The third-order valence-electron chi connectivity index (χ3n) is 4.16. The predicted octanol–water partition coefficient (Wildman–Crippen LogP) is 2.58. The van der Waals surface area contributed by atoms with Gasteiger partial charge in [0, 0.05) is 40.8 Å². The molecule has 0 aromatic heterocycles. The number of methoxy groups -OCH3 is 1. The molecule has 0 aliphatic rings. The molecule has 0 bridgehead atoms. The van der Waals surface area contributed by atoms with E-state index >= 15 is 0 Å². The maximum atomic E-state index is 13.1. The van der Waals surface area contributed by atoms with Crippen molar-refractivity contribution in [3.63, 3.8) is 0 Å². The zero-order valence-corrected chi connectivity index (χ0v) is 20.4. The fourth-order valence-electron chi connectivity index (χ4n) is 2.69. The molecule has 30 heavy (non-hydrogen) atoms. The molecule has 2 aromatic rings. The molecule has 0 radical (unpaired) electrons. The van der Waals surface area contributed by atoms with E-state index in [1.165, 1.54) is 19.2 Å². The smallest absolute Gasteiger partial charge is 0.240 e. The Morgan fingerprint density at radius 3 is 2.50 bits per heavy atom. The molecule has 0 amide bonds. The zero-order chi connectivity index (χ0) is 21.3. The van der Waals surface area contributed by atoms with Gasteiger partial charge in [0.15, 0.2) is 5.96 Å². The number of nitrogens with one attached hydrogen (secondary N) is 2. The lowest BCUT2D eigenvalue weighted by Gasteiger charge is -2.22. The van der Waals surface area contributed by atoms with Crippen LogP contribution < -0.4 is 10.0 Å². The molecule has 10 heteroatoms. The number of rotatable bonds is 9. The molecule has 0 heterocycles. The van der Waals surface area contributed by atoms with E-state index in [4.69, 9.17) is 4.74 Å². The predicted molar refractivity (Wildman–Crippen MR) is 127 cm³/mol. The van der Waals surface area contributed by atoms with E-state index in [9.17, 15) is 12.8 Å². The molecular weight excluding hydrogens is 522 g/mol. The summed E-state index contributed by atoms with van der Waals surface area (Å²) in [5.41, 5.74) is 1.75. The van der Waals surface area contributed by atoms with E-state index < -0.39 is 10.0 Å². The lowest BCUT2D eigenvalue weighted by atomic mass is 10.2. The summed E-state index contributed by atoms with van der Waals surface area (Å²) < 4.78 is 45.1. The number of benzene rings is 2. The van der Waals surface area contributed by atoms with Gasteiger partial charge in [0.05, 0.1) is 11.5 Å². The average Bonchev–Trinajstić information content (AvgIpc) is 2.70. The number of nitrogens with zero attached hydrogens (tertiary/aromatic N) is 2. The van der Waals surface area contributed by atoms with E-state index in [1.807, 2.05) is 18.0 Å². The number of halogens is 2. The van der Waals surface area contributed by atoms with Crippen LogP contribution in [0.3, 0.4) is 0 Å². The first-order valence-corrected chi connectivity index (χ1v) is 10.6. The maximum absolute atomic E-state index is 13.1. The van der Waals surface area contributed by atoms with Crippen LogP contribution in [0, 0.1) is 5.82 Å². The Bertz CT molecular complexity index is 924. The number of guanidine groups is 1. The summed E-state index contributed by atoms with van der Waals surface area (Å²) in [6, 6.07) is 13.0. The second-order valence-corrected chi connectivity index (χ2v) is 8.19. The first kappa shape index (κ1) is 26.3. The molecule has 0 spiro atoms. The summed E-state index contributed by atoms with van der Waals surface area (Å²) in [6.45, 7) is 1.47. The number of hydrogen-bond donors (Lipinski definition) is 2. The van der Waals surface area contributed by atoms with Gasteiger partial charge in [-0.1, -0.05) is 24.3 Å². The fourth-order valence-corrected chi connectivity index (χ4v) is 3.77. The highest BCUT2D eigenvalue weighted by molar-refractivity contribution is 14.0. The second-order valence-electron chi connectivity index (χ2n) is 6.42. The Morgan fingerprint density at radius 1 is 1.17 bits per heavy atom. The van der Waals surface area contributed by atoms with Crippen LogP contribution in [-0.2, 0) is 27.8 Å². The summed E-state index contributed by atoms with van der Waals surface area (Å²) in [6.07, 6.45) is 0. The van der Waals surface area contributed by atoms with Crippen LogP contribution in [0.1, 0.15) is 11.1 Å². The minimum Gasteiger partial charge on any atom is -0.383 e. The third kappa shape index (κ3) is 8.17. The Morgan fingerprint density at radius 2 is 1.87 bits per heavy atom. The minimum atomic E-state index is -3.59. The first-order chi connectivity index (χ1) is 13.9. The first-order valence-electron chi connectivity index (χ1n) is 9.09. The Balaban J connectivity index is 0.00000450. The van der Waals surface area contributed by atoms with E-state index in [0.29, 0.717) is 25.7 Å². The van der Waals surface area contributed by atoms with Crippen molar-refractivity contribution in [1.29, 1.82) is 0 Å². The van der Waals surface area contributed by atoms with Gasteiger partial charge in [-0.05, 0) is 35.4 Å². The summed E-state index contributed by atoms with van der Waals surface area (Å²) >= 11 is 0. The second kappa shape index (κ2) is 12.8. The highest BCUT2D eigenvalue weighted by Gasteiger charge is 2.14. The van der Waals surface area contributed by atoms with Crippen LogP contribution in [0.15, 0.2) is 58.4 Å². The molecule has 0 atom stereocenters. The van der Waals surface area contributed by atoms with Gasteiger partial charge in [-0.15, -0.1) is 24.0 Å². The number of sulfonamides is 1. The van der Waals surface area contributed by atoms with Gasteiger partial charge in [0.25, 0.3) is 0 Å². The van der Waals surface area contributed by atoms with Gasteiger partial charge < -0.3 is 15.0 Å². The Hall–Kier alpha value is -1.76. The van der Waals surface area contributed by atoms with E-state index in [-0.39, 0.29) is 41.2 Å². The molecule has 2 aromatic carbocycles. The van der Waals surface area contributed by atoms with Crippen LogP contribution >= 0.6 is 24.0 Å². The lowest BCUT2D eigenvalue weighted by molar-refractivity contribution is 0.204. The van der Waals surface area contributed by atoms with E-state index in [2.05, 4.69) is 15.0 Å². The van der Waals surface area contributed by atoms with Crippen LogP contribution in [0.25, 0.3) is 0 Å². The van der Waals surface area contributed by atoms with Gasteiger partial charge >= 0.3 is 0 Å².